The molecule has 8 heteroatoms. The molecule has 43 heavy (non-hydrogen) atoms. The van der Waals surface area contributed by atoms with Crippen LogP contribution in [0.1, 0.15) is 22.3 Å². The molecule has 7 nitrogen and oxygen atoms in total. The number of para-hydroxylation sites is 1. The number of aromatic hydroxyl groups is 1. The molecule has 4 N–H and O–H groups in total. The third-order valence-electron chi connectivity index (χ3n) is 7.05. The Bertz CT molecular complexity index is 1970. The highest BCUT2D eigenvalue weighted by Gasteiger charge is 2.22. The largest absolute Gasteiger partial charge is 0.494 e. The van der Waals surface area contributed by atoms with Crippen molar-refractivity contribution in [3.63, 3.8) is 0 Å². The first-order chi connectivity index (χ1) is 21.0. The van der Waals surface area contributed by atoms with Crippen LogP contribution in [0.4, 0.5) is 11.4 Å². The van der Waals surface area contributed by atoms with E-state index in [-0.39, 0.29) is 10.8 Å². The van der Waals surface area contributed by atoms with Gasteiger partial charge in [0, 0.05) is 35.2 Å². The van der Waals surface area contributed by atoms with E-state index >= 15 is 0 Å². The first-order valence-electron chi connectivity index (χ1n) is 13.9. The van der Waals surface area contributed by atoms with Gasteiger partial charge in [-0.15, -0.1) is 0 Å². The Balaban J connectivity index is 1.34. The maximum absolute atomic E-state index is 13.3. The van der Waals surface area contributed by atoms with Crippen LogP contribution in [-0.2, 0) is 23.1 Å². The minimum atomic E-state index is -3.88. The van der Waals surface area contributed by atoms with E-state index in [0.717, 1.165) is 17.7 Å². The Hall–Kier alpha value is -5.18. The molecule has 1 aromatic heterocycles. The van der Waals surface area contributed by atoms with Crippen molar-refractivity contribution >= 4 is 38.0 Å². The van der Waals surface area contributed by atoms with Gasteiger partial charge in [0.25, 0.3) is 10.0 Å². The van der Waals surface area contributed by atoms with Crippen LogP contribution in [0.5, 0.6) is 5.88 Å². The molecule has 0 bridgehead atoms. The second-order valence-electron chi connectivity index (χ2n) is 10.1. The number of aliphatic imine (C=N–C) groups is 1. The number of sulfonamides is 1. The summed E-state index contributed by atoms with van der Waals surface area (Å²) in [5.74, 6) is -0.0927. The molecule has 0 fully saturated rings. The van der Waals surface area contributed by atoms with Crippen molar-refractivity contribution < 1.29 is 13.5 Å². The van der Waals surface area contributed by atoms with Gasteiger partial charge in [-0.1, -0.05) is 91.0 Å². The van der Waals surface area contributed by atoms with Gasteiger partial charge in [0.15, 0.2) is 5.88 Å². The molecule has 0 unspecified atom stereocenters. The molecular formula is C35H30N4O3S. The summed E-state index contributed by atoms with van der Waals surface area (Å²) < 4.78 is 29.1. The quantitative estimate of drug-likeness (QED) is 0.128. The first kappa shape index (κ1) is 28.0. The fourth-order valence-corrected chi connectivity index (χ4v) is 5.99. The van der Waals surface area contributed by atoms with E-state index in [1.165, 1.54) is 11.6 Å². The molecule has 0 radical (unpaired) electrons. The highest BCUT2D eigenvalue weighted by Crippen LogP contribution is 2.33. The number of aromatic amines is 1. The number of H-pyrrole nitrogens is 1. The minimum Gasteiger partial charge on any atom is -0.494 e. The van der Waals surface area contributed by atoms with Crippen LogP contribution in [0.15, 0.2) is 143 Å². The monoisotopic (exact) mass is 586 g/mol. The van der Waals surface area contributed by atoms with E-state index < -0.39 is 10.0 Å². The molecule has 6 aromatic rings. The SMILES string of the molecule is O=S(=O)(Nc1ccccc1)c1ccc2[nH]c(O)c(C(=Nc3ccc(CNCc4ccccc4)cc3)c3ccccc3)c2c1. The summed E-state index contributed by atoms with van der Waals surface area (Å²) >= 11 is 0. The lowest BCUT2D eigenvalue weighted by molar-refractivity contribution is 0.457. The summed E-state index contributed by atoms with van der Waals surface area (Å²) in [6, 6.07) is 41.2. The van der Waals surface area contributed by atoms with E-state index in [1.54, 1.807) is 36.4 Å². The second kappa shape index (κ2) is 12.4. The molecule has 0 saturated carbocycles. The predicted octanol–water partition coefficient (Wildman–Crippen LogP) is 7.13. The molecular weight excluding hydrogens is 556 g/mol. The molecule has 1 heterocycles. The lowest BCUT2D eigenvalue weighted by atomic mass is 10.0. The van der Waals surface area contributed by atoms with Crippen LogP contribution in [0.2, 0.25) is 0 Å². The number of nitrogens with zero attached hydrogens (tertiary/aromatic N) is 1. The fourth-order valence-electron chi connectivity index (χ4n) is 4.91. The minimum absolute atomic E-state index is 0.0730. The van der Waals surface area contributed by atoms with Crippen molar-refractivity contribution in [1.29, 1.82) is 0 Å². The first-order valence-corrected chi connectivity index (χ1v) is 15.4. The number of anilines is 1. The Morgan fingerprint density at radius 2 is 1.33 bits per heavy atom. The third kappa shape index (κ3) is 6.51. The van der Waals surface area contributed by atoms with Gasteiger partial charge in [-0.3, -0.25) is 4.72 Å². The summed E-state index contributed by atoms with van der Waals surface area (Å²) in [5.41, 5.74) is 5.82. The van der Waals surface area contributed by atoms with Crippen molar-refractivity contribution in [2.24, 2.45) is 4.99 Å². The van der Waals surface area contributed by atoms with Gasteiger partial charge in [-0.25, -0.2) is 13.4 Å². The Morgan fingerprint density at radius 1 is 0.721 bits per heavy atom. The normalized spacial score (nSPS) is 12.0. The Kier molecular flexibility index (Phi) is 8.04. The van der Waals surface area contributed by atoms with Crippen molar-refractivity contribution in [2.45, 2.75) is 18.0 Å². The number of fused-ring (bicyclic) bond motifs is 1. The summed E-state index contributed by atoms with van der Waals surface area (Å²) in [6.07, 6.45) is 0. The zero-order valence-corrected chi connectivity index (χ0v) is 24.1. The number of aromatic nitrogens is 1. The average molecular weight is 587 g/mol. The number of rotatable bonds is 10. The number of hydrogen-bond donors (Lipinski definition) is 4. The van der Waals surface area contributed by atoms with Gasteiger partial charge in [0.1, 0.15) is 0 Å². The summed E-state index contributed by atoms with van der Waals surface area (Å²) in [6.45, 7) is 1.49. The number of nitrogens with one attached hydrogen (secondary N) is 3. The van der Waals surface area contributed by atoms with Crippen molar-refractivity contribution in [2.75, 3.05) is 4.72 Å². The summed E-state index contributed by atoms with van der Waals surface area (Å²) in [4.78, 5) is 8.02. The highest BCUT2D eigenvalue weighted by atomic mass is 32.2. The molecule has 0 spiro atoms. The van der Waals surface area contributed by atoms with E-state index in [4.69, 9.17) is 4.99 Å². The topological polar surface area (TPSA) is 107 Å². The smallest absolute Gasteiger partial charge is 0.261 e. The number of benzene rings is 5. The van der Waals surface area contributed by atoms with Gasteiger partial charge in [0.2, 0.25) is 0 Å². The zero-order valence-electron chi connectivity index (χ0n) is 23.2. The van der Waals surface area contributed by atoms with Crippen molar-refractivity contribution in [3.05, 3.63) is 156 Å². The maximum atomic E-state index is 13.3. The standard InChI is InChI=1S/C35H30N4O3S/c40-35-33(31-22-30(20-21-32(31)38-35)43(41,42)39-29-14-8-3-9-15-29)34(27-12-6-2-7-13-27)37-28-18-16-26(17-19-28)24-36-23-25-10-4-1-5-11-25/h1-22,36,38-40H,23-24H2. The van der Waals surface area contributed by atoms with Crippen LogP contribution in [-0.4, -0.2) is 24.2 Å². The van der Waals surface area contributed by atoms with Crippen LogP contribution < -0.4 is 10.0 Å². The van der Waals surface area contributed by atoms with Crippen molar-refractivity contribution in [3.8, 4) is 5.88 Å². The zero-order chi connectivity index (χ0) is 29.6. The second-order valence-corrected chi connectivity index (χ2v) is 11.8. The summed E-state index contributed by atoms with van der Waals surface area (Å²) in [7, 11) is -3.88. The molecule has 0 atom stereocenters. The van der Waals surface area contributed by atoms with Gasteiger partial charge in [0.05, 0.1) is 21.9 Å². The lowest BCUT2D eigenvalue weighted by Crippen LogP contribution is -2.13. The molecule has 6 rings (SSSR count). The Morgan fingerprint density at radius 3 is 2.00 bits per heavy atom. The third-order valence-corrected chi connectivity index (χ3v) is 8.43. The lowest BCUT2D eigenvalue weighted by Gasteiger charge is -2.10. The van der Waals surface area contributed by atoms with E-state index in [9.17, 15) is 13.5 Å². The van der Waals surface area contributed by atoms with Crippen LogP contribution >= 0.6 is 0 Å². The molecule has 214 valence electrons. The van der Waals surface area contributed by atoms with Crippen molar-refractivity contribution in [1.82, 2.24) is 10.3 Å². The van der Waals surface area contributed by atoms with Crippen LogP contribution in [0.25, 0.3) is 10.9 Å². The highest BCUT2D eigenvalue weighted by molar-refractivity contribution is 7.92. The predicted molar refractivity (Wildman–Crippen MR) is 172 cm³/mol. The van der Waals surface area contributed by atoms with E-state index in [2.05, 4.69) is 27.2 Å². The summed E-state index contributed by atoms with van der Waals surface area (Å²) in [5, 5.41) is 15.1. The maximum Gasteiger partial charge on any atom is 0.261 e. The van der Waals surface area contributed by atoms with Gasteiger partial charge in [-0.05, 0) is 53.6 Å². The van der Waals surface area contributed by atoms with Gasteiger partial charge in [-0.2, -0.15) is 0 Å². The molecule has 0 aliphatic heterocycles. The molecule has 0 aliphatic carbocycles. The molecule has 0 aliphatic rings. The molecule has 5 aromatic carbocycles. The number of hydrogen-bond acceptors (Lipinski definition) is 5. The fraction of sp³-hybridized carbons (Fsp3) is 0.0571. The average Bonchev–Trinajstić information content (AvgIpc) is 3.36. The Labute approximate surface area is 250 Å². The van der Waals surface area contributed by atoms with E-state index in [1.807, 2.05) is 78.9 Å². The van der Waals surface area contributed by atoms with Crippen LogP contribution in [0, 0.1) is 0 Å². The van der Waals surface area contributed by atoms with Gasteiger partial charge < -0.3 is 15.4 Å². The van der Waals surface area contributed by atoms with E-state index in [0.29, 0.717) is 40.1 Å². The van der Waals surface area contributed by atoms with Crippen LogP contribution in [0.3, 0.4) is 0 Å². The molecule has 0 saturated heterocycles. The molecule has 0 amide bonds. The van der Waals surface area contributed by atoms with Gasteiger partial charge >= 0.3 is 0 Å².